The van der Waals surface area contributed by atoms with Crippen LogP contribution in [0.4, 0.5) is 10.5 Å². The third kappa shape index (κ3) is 6.73. The first kappa shape index (κ1) is 22.1. The summed E-state index contributed by atoms with van der Waals surface area (Å²) in [5, 5.41) is 2.92. The van der Waals surface area contributed by atoms with Crippen molar-refractivity contribution < 1.29 is 14.3 Å². The number of urea groups is 1. The number of amides is 2. The lowest BCUT2D eigenvalue weighted by atomic mass is 10.1. The number of anilines is 1. The van der Waals surface area contributed by atoms with E-state index in [0.717, 1.165) is 38.0 Å². The third-order valence-corrected chi connectivity index (χ3v) is 5.29. The van der Waals surface area contributed by atoms with Crippen LogP contribution < -0.4 is 10.1 Å². The summed E-state index contributed by atoms with van der Waals surface area (Å²) < 4.78 is 11.7. The predicted octanol–water partition coefficient (Wildman–Crippen LogP) is 5.50. The van der Waals surface area contributed by atoms with Gasteiger partial charge in [-0.05, 0) is 55.4 Å². The number of aromatic nitrogens is 1. The molecule has 0 spiro atoms. The number of likely N-dealkylation sites (tertiary alicyclic amines) is 1. The average molecular weight is 412 g/mol. The number of hydrogen-bond donors (Lipinski definition) is 1. The zero-order valence-corrected chi connectivity index (χ0v) is 18.3. The molecule has 0 saturated carbocycles. The quantitative estimate of drug-likeness (QED) is 0.623. The van der Waals surface area contributed by atoms with Gasteiger partial charge in [0.25, 0.3) is 0 Å². The van der Waals surface area contributed by atoms with Crippen LogP contribution in [0, 0.1) is 5.92 Å². The number of hydrogen-bond acceptors (Lipinski definition) is 4. The Morgan fingerprint density at radius 1 is 1.23 bits per heavy atom. The fraction of sp³-hybridized carbons (Fsp3) is 0.500. The maximum absolute atomic E-state index is 12.5. The van der Waals surface area contributed by atoms with Crippen LogP contribution in [0.5, 0.6) is 11.6 Å². The number of nitrogens with zero attached hydrogens (tertiary/aromatic N) is 2. The molecule has 6 nitrogen and oxygen atoms in total. The normalized spacial score (nSPS) is 14.7. The number of piperidine rings is 1. The number of rotatable bonds is 8. The Hall–Kier alpha value is -2.60. The zero-order valence-electron chi connectivity index (χ0n) is 18.3. The first-order valence-corrected chi connectivity index (χ1v) is 10.9. The highest BCUT2D eigenvalue weighted by atomic mass is 16.5. The van der Waals surface area contributed by atoms with Crippen LogP contribution in [-0.4, -0.2) is 41.7 Å². The molecule has 0 bridgehead atoms. The van der Waals surface area contributed by atoms with Gasteiger partial charge < -0.3 is 19.7 Å². The molecule has 1 fully saturated rings. The summed E-state index contributed by atoms with van der Waals surface area (Å²) in [7, 11) is 0. The second kappa shape index (κ2) is 11.0. The fourth-order valence-corrected chi connectivity index (χ4v) is 3.36. The van der Waals surface area contributed by atoms with Crippen LogP contribution in [0.25, 0.3) is 0 Å². The molecule has 0 atom stereocenters. The van der Waals surface area contributed by atoms with E-state index in [1.54, 1.807) is 12.3 Å². The van der Waals surface area contributed by atoms with Crippen molar-refractivity contribution in [3.63, 3.8) is 0 Å². The maximum atomic E-state index is 12.5. The minimum absolute atomic E-state index is 0.0956. The lowest BCUT2D eigenvalue weighted by Gasteiger charge is -2.32. The molecule has 1 aromatic heterocycles. The van der Waals surface area contributed by atoms with Gasteiger partial charge in [0.15, 0.2) is 0 Å². The number of ether oxygens (including phenoxy) is 2. The summed E-state index contributed by atoms with van der Waals surface area (Å²) in [6.45, 7) is 8.73. The number of aryl methyl sites for hydroxylation is 1. The van der Waals surface area contributed by atoms with E-state index >= 15 is 0 Å². The van der Waals surface area contributed by atoms with E-state index in [4.69, 9.17) is 9.47 Å². The number of pyridine rings is 1. The molecule has 1 aromatic carbocycles. The largest absolute Gasteiger partial charge is 0.439 e. The van der Waals surface area contributed by atoms with E-state index in [0.29, 0.717) is 30.6 Å². The molecule has 162 valence electrons. The van der Waals surface area contributed by atoms with Gasteiger partial charge in [0.05, 0.1) is 18.0 Å². The van der Waals surface area contributed by atoms with Crippen molar-refractivity contribution in [1.29, 1.82) is 0 Å². The molecule has 1 aliphatic heterocycles. The molecule has 30 heavy (non-hydrogen) atoms. The zero-order chi connectivity index (χ0) is 21.3. The molecule has 0 aliphatic carbocycles. The Morgan fingerprint density at radius 2 is 2.03 bits per heavy atom. The van der Waals surface area contributed by atoms with Gasteiger partial charge in [0, 0.05) is 25.8 Å². The van der Waals surface area contributed by atoms with Crippen molar-refractivity contribution in [1.82, 2.24) is 9.88 Å². The van der Waals surface area contributed by atoms with Crippen molar-refractivity contribution in [3.05, 3.63) is 48.2 Å². The number of benzene rings is 1. The van der Waals surface area contributed by atoms with E-state index in [2.05, 4.69) is 37.1 Å². The lowest BCUT2D eigenvalue weighted by Crippen LogP contribution is -2.43. The Morgan fingerprint density at radius 3 is 2.70 bits per heavy atom. The molecule has 6 heteroatoms. The second-order valence-corrected chi connectivity index (χ2v) is 8.16. The summed E-state index contributed by atoms with van der Waals surface area (Å²) in [6.07, 6.45) is 5.69. The van der Waals surface area contributed by atoms with Gasteiger partial charge in [-0.25, -0.2) is 9.78 Å². The molecule has 1 aliphatic rings. The Balaban J connectivity index is 1.44. The van der Waals surface area contributed by atoms with E-state index in [9.17, 15) is 4.79 Å². The van der Waals surface area contributed by atoms with Gasteiger partial charge in [-0.2, -0.15) is 0 Å². The van der Waals surface area contributed by atoms with Gasteiger partial charge >= 0.3 is 6.03 Å². The summed E-state index contributed by atoms with van der Waals surface area (Å²) >= 11 is 0. The van der Waals surface area contributed by atoms with E-state index in [1.165, 1.54) is 5.56 Å². The molecule has 2 amide bonds. The van der Waals surface area contributed by atoms with Crippen LogP contribution >= 0.6 is 0 Å². The molecular weight excluding hydrogens is 378 g/mol. The number of nitrogens with one attached hydrogen (secondary N) is 1. The van der Waals surface area contributed by atoms with Crippen LogP contribution in [0.3, 0.4) is 0 Å². The molecular formula is C24H33N3O3. The van der Waals surface area contributed by atoms with E-state index in [-0.39, 0.29) is 12.1 Å². The molecule has 1 saturated heterocycles. The SMILES string of the molecule is CCc1cccc(Oc2ccc(NC(=O)N3CCC(OCCC(C)C)CC3)cn2)c1. The highest BCUT2D eigenvalue weighted by Crippen LogP contribution is 2.22. The summed E-state index contributed by atoms with van der Waals surface area (Å²) in [4.78, 5) is 18.7. The monoisotopic (exact) mass is 411 g/mol. The molecule has 0 radical (unpaired) electrons. The topological polar surface area (TPSA) is 63.7 Å². The second-order valence-electron chi connectivity index (χ2n) is 8.16. The van der Waals surface area contributed by atoms with Gasteiger partial charge in [-0.3, -0.25) is 0 Å². The maximum Gasteiger partial charge on any atom is 0.321 e. The van der Waals surface area contributed by atoms with Crippen molar-refractivity contribution in [3.8, 4) is 11.6 Å². The molecule has 3 rings (SSSR count). The fourth-order valence-electron chi connectivity index (χ4n) is 3.36. The minimum atomic E-state index is -0.0956. The first-order chi connectivity index (χ1) is 14.5. The van der Waals surface area contributed by atoms with Gasteiger partial charge in [0.1, 0.15) is 5.75 Å². The highest BCUT2D eigenvalue weighted by molar-refractivity contribution is 5.89. The van der Waals surface area contributed by atoms with Crippen LogP contribution in [0.1, 0.15) is 45.6 Å². The van der Waals surface area contributed by atoms with Crippen LogP contribution in [0.15, 0.2) is 42.6 Å². The van der Waals surface area contributed by atoms with E-state index in [1.807, 2.05) is 29.2 Å². The predicted molar refractivity (Wildman–Crippen MR) is 119 cm³/mol. The smallest absolute Gasteiger partial charge is 0.321 e. The highest BCUT2D eigenvalue weighted by Gasteiger charge is 2.23. The molecule has 0 unspecified atom stereocenters. The third-order valence-electron chi connectivity index (χ3n) is 5.29. The average Bonchev–Trinajstić information content (AvgIpc) is 2.75. The van der Waals surface area contributed by atoms with Crippen molar-refractivity contribution >= 4 is 11.7 Å². The molecule has 1 N–H and O–H groups in total. The summed E-state index contributed by atoms with van der Waals surface area (Å²) in [6, 6.07) is 11.4. The summed E-state index contributed by atoms with van der Waals surface area (Å²) in [5.41, 5.74) is 1.87. The van der Waals surface area contributed by atoms with Gasteiger partial charge in [-0.1, -0.05) is 32.9 Å². The molecule has 2 heterocycles. The number of carbonyl (C=O) groups excluding carboxylic acids is 1. The Labute approximate surface area is 179 Å². The van der Waals surface area contributed by atoms with Crippen molar-refractivity contribution in [2.75, 3.05) is 25.0 Å². The van der Waals surface area contributed by atoms with Gasteiger partial charge in [-0.15, -0.1) is 0 Å². The Kier molecular flexibility index (Phi) is 8.08. The van der Waals surface area contributed by atoms with Crippen LogP contribution in [-0.2, 0) is 11.2 Å². The first-order valence-electron chi connectivity index (χ1n) is 10.9. The molecule has 2 aromatic rings. The standard InChI is InChI=1S/C24H33N3O3/c1-4-19-6-5-7-22(16-19)30-23-9-8-20(17-25-23)26-24(28)27-13-10-21(11-14-27)29-15-12-18(2)3/h5-9,16-18,21H,4,10-15H2,1-3H3,(H,26,28). The number of carbonyl (C=O) groups is 1. The van der Waals surface area contributed by atoms with Crippen LogP contribution in [0.2, 0.25) is 0 Å². The van der Waals surface area contributed by atoms with Crippen molar-refractivity contribution in [2.24, 2.45) is 5.92 Å². The van der Waals surface area contributed by atoms with E-state index < -0.39 is 0 Å². The van der Waals surface area contributed by atoms with Gasteiger partial charge in [0.2, 0.25) is 5.88 Å². The summed E-state index contributed by atoms with van der Waals surface area (Å²) in [5.74, 6) is 1.92. The minimum Gasteiger partial charge on any atom is -0.439 e. The Bertz CT molecular complexity index is 800. The van der Waals surface area contributed by atoms with Crippen molar-refractivity contribution in [2.45, 2.75) is 52.6 Å². The lowest BCUT2D eigenvalue weighted by molar-refractivity contribution is 0.0112.